The third kappa shape index (κ3) is 2.50. The number of carbonyl (C=O) groups is 1. The second kappa shape index (κ2) is 5.16. The molecule has 1 aromatic carbocycles. The van der Waals surface area contributed by atoms with Gasteiger partial charge in [-0.15, -0.1) is 10.2 Å². The summed E-state index contributed by atoms with van der Waals surface area (Å²) in [6, 6.07) is 7.99. The van der Waals surface area contributed by atoms with E-state index in [-0.39, 0.29) is 5.56 Å². The van der Waals surface area contributed by atoms with E-state index >= 15 is 0 Å². The van der Waals surface area contributed by atoms with Gasteiger partial charge in [0.2, 0.25) is 0 Å². The van der Waals surface area contributed by atoms with Crippen LogP contribution in [0.1, 0.15) is 29.1 Å². The fourth-order valence-electron chi connectivity index (χ4n) is 1.91. The van der Waals surface area contributed by atoms with Crippen molar-refractivity contribution in [1.82, 2.24) is 25.9 Å². The van der Waals surface area contributed by atoms with Gasteiger partial charge >= 0.3 is 5.63 Å². The molecule has 2 heterocycles. The van der Waals surface area contributed by atoms with Crippen molar-refractivity contribution in [1.29, 1.82) is 0 Å². The summed E-state index contributed by atoms with van der Waals surface area (Å²) in [5, 5.41) is 16.6. The molecule has 8 heteroatoms. The molecule has 0 aliphatic carbocycles. The number of aromatic amines is 1. The molecule has 0 saturated heterocycles. The number of para-hydroxylation sites is 1. The van der Waals surface area contributed by atoms with Gasteiger partial charge in [0.1, 0.15) is 11.1 Å². The number of nitrogens with zero attached hydrogens (tertiary/aromatic N) is 3. The van der Waals surface area contributed by atoms with E-state index in [4.69, 9.17) is 4.42 Å². The predicted molar refractivity (Wildman–Crippen MR) is 72.5 cm³/mol. The number of rotatable bonds is 3. The van der Waals surface area contributed by atoms with Gasteiger partial charge in [0.05, 0.1) is 6.04 Å². The highest BCUT2D eigenvalue weighted by Gasteiger charge is 2.18. The van der Waals surface area contributed by atoms with E-state index in [2.05, 4.69) is 25.9 Å². The zero-order valence-corrected chi connectivity index (χ0v) is 11.0. The maximum Gasteiger partial charge on any atom is 0.349 e. The highest BCUT2D eigenvalue weighted by Crippen LogP contribution is 2.13. The van der Waals surface area contributed by atoms with Crippen molar-refractivity contribution in [3.63, 3.8) is 0 Å². The minimum absolute atomic E-state index is 0.0657. The molecule has 2 N–H and O–H groups in total. The van der Waals surface area contributed by atoms with Crippen molar-refractivity contribution < 1.29 is 9.21 Å². The van der Waals surface area contributed by atoms with Crippen molar-refractivity contribution in [2.45, 2.75) is 13.0 Å². The molecule has 1 atom stereocenters. The molecule has 3 rings (SSSR count). The second-order valence-electron chi connectivity index (χ2n) is 4.45. The Bertz CT molecular complexity index is 840. The Morgan fingerprint density at radius 1 is 1.38 bits per heavy atom. The summed E-state index contributed by atoms with van der Waals surface area (Å²) in [5.41, 5.74) is -0.319. The second-order valence-corrected chi connectivity index (χ2v) is 4.45. The van der Waals surface area contributed by atoms with Crippen molar-refractivity contribution in [2.75, 3.05) is 0 Å². The molecule has 0 radical (unpaired) electrons. The number of hydrogen-bond acceptors (Lipinski definition) is 6. The van der Waals surface area contributed by atoms with Crippen LogP contribution in [0.5, 0.6) is 0 Å². The monoisotopic (exact) mass is 285 g/mol. The smallest absolute Gasteiger partial charge is 0.349 e. The van der Waals surface area contributed by atoms with Crippen molar-refractivity contribution in [2.24, 2.45) is 0 Å². The number of H-pyrrole nitrogens is 1. The SMILES string of the molecule is CC(NC(=O)c1cc2ccccc2oc1=O)c1nn[nH]n1. The van der Waals surface area contributed by atoms with E-state index in [9.17, 15) is 9.59 Å². The molecule has 21 heavy (non-hydrogen) atoms. The summed E-state index contributed by atoms with van der Waals surface area (Å²) >= 11 is 0. The summed E-state index contributed by atoms with van der Waals surface area (Å²) in [4.78, 5) is 24.0. The first kappa shape index (κ1) is 13.0. The first-order valence-electron chi connectivity index (χ1n) is 6.22. The van der Waals surface area contributed by atoms with Crippen molar-refractivity contribution in [3.8, 4) is 0 Å². The fraction of sp³-hybridized carbons (Fsp3) is 0.154. The third-order valence-corrected chi connectivity index (χ3v) is 2.98. The molecule has 0 spiro atoms. The number of nitrogens with one attached hydrogen (secondary N) is 2. The van der Waals surface area contributed by atoms with E-state index in [1.807, 2.05) is 0 Å². The maximum absolute atomic E-state index is 12.2. The summed E-state index contributed by atoms with van der Waals surface area (Å²) in [6.45, 7) is 1.69. The Labute approximate surface area is 118 Å². The number of fused-ring (bicyclic) bond motifs is 1. The summed E-state index contributed by atoms with van der Waals surface area (Å²) in [6.07, 6.45) is 0. The number of benzene rings is 1. The third-order valence-electron chi connectivity index (χ3n) is 2.98. The normalized spacial score (nSPS) is 12.2. The molecule has 0 bridgehead atoms. The fourth-order valence-corrected chi connectivity index (χ4v) is 1.91. The quantitative estimate of drug-likeness (QED) is 0.688. The largest absolute Gasteiger partial charge is 0.422 e. The van der Waals surface area contributed by atoms with E-state index in [1.165, 1.54) is 6.07 Å². The first-order valence-corrected chi connectivity index (χ1v) is 6.22. The Morgan fingerprint density at radius 3 is 2.95 bits per heavy atom. The zero-order valence-electron chi connectivity index (χ0n) is 11.0. The van der Waals surface area contributed by atoms with Gasteiger partial charge in [-0.3, -0.25) is 4.79 Å². The first-order chi connectivity index (χ1) is 10.1. The van der Waals surface area contributed by atoms with Crippen LogP contribution in [0.4, 0.5) is 0 Å². The van der Waals surface area contributed by atoms with Crippen LogP contribution in [-0.2, 0) is 0 Å². The Balaban J connectivity index is 1.91. The highest BCUT2D eigenvalue weighted by atomic mass is 16.4. The van der Waals surface area contributed by atoms with Gasteiger partial charge in [0.15, 0.2) is 5.82 Å². The van der Waals surface area contributed by atoms with Gasteiger partial charge in [-0.25, -0.2) is 4.79 Å². The molecule has 3 aromatic rings. The van der Waals surface area contributed by atoms with Crippen LogP contribution in [0, 0.1) is 0 Å². The van der Waals surface area contributed by atoms with Gasteiger partial charge in [0, 0.05) is 5.39 Å². The molecule has 1 unspecified atom stereocenters. The van der Waals surface area contributed by atoms with Crippen molar-refractivity contribution >= 4 is 16.9 Å². The predicted octanol–water partition coefficient (Wildman–Crippen LogP) is 0.797. The zero-order chi connectivity index (χ0) is 14.8. The van der Waals surface area contributed by atoms with Crippen LogP contribution in [-0.4, -0.2) is 26.5 Å². The molecule has 0 aliphatic heterocycles. The Kier molecular flexibility index (Phi) is 3.19. The highest BCUT2D eigenvalue weighted by molar-refractivity contribution is 5.96. The van der Waals surface area contributed by atoms with E-state index in [0.29, 0.717) is 16.8 Å². The van der Waals surface area contributed by atoms with Gasteiger partial charge in [-0.2, -0.15) is 5.21 Å². The summed E-state index contributed by atoms with van der Waals surface area (Å²) in [7, 11) is 0. The van der Waals surface area contributed by atoms with Gasteiger partial charge in [-0.1, -0.05) is 23.4 Å². The maximum atomic E-state index is 12.2. The molecule has 0 aliphatic rings. The molecule has 106 valence electrons. The number of hydrogen-bond donors (Lipinski definition) is 2. The molecule has 1 amide bonds. The number of aromatic nitrogens is 4. The lowest BCUT2D eigenvalue weighted by Crippen LogP contribution is -2.31. The average Bonchev–Trinajstić information content (AvgIpc) is 3.00. The van der Waals surface area contributed by atoms with Gasteiger partial charge in [-0.05, 0) is 19.1 Å². The number of carbonyl (C=O) groups excluding carboxylic acids is 1. The number of tetrazole rings is 1. The molecule has 8 nitrogen and oxygen atoms in total. The lowest BCUT2D eigenvalue weighted by Gasteiger charge is -2.09. The average molecular weight is 285 g/mol. The summed E-state index contributed by atoms with van der Waals surface area (Å²) in [5.74, 6) is -0.222. The molecule has 0 saturated carbocycles. The van der Waals surface area contributed by atoms with E-state index < -0.39 is 17.6 Å². The lowest BCUT2D eigenvalue weighted by molar-refractivity contribution is 0.0934. The molecule has 0 fully saturated rings. The van der Waals surface area contributed by atoms with Gasteiger partial charge in [0.25, 0.3) is 5.91 Å². The standard InChI is InChI=1S/C13H11N5O3/c1-7(11-15-17-18-16-11)14-12(19)9-6-8-4-2-3-5-10(8)21-13(9)20/h2-7H,1H3,(H,14,19)(H,15,16,17,18). The lowest BCUT2D eigenvalue weighted by atomic mass is 10.1. The number of amides is 1. The van der Waals surface area contributed by atoms with Crippen LogP contribution in [0.25, 0.3) is 11.0 Å². The van der Waals surface area contributed by atoms with Crippen LogP contribution < -0.4 is 10.9 Å². The Hall–Kier alpha value is -3.03. The Morgan fingerprint density at radius 2 is 2.19 bits per heavy atom. The minimum Gasteiger partial charge on any atom is -0.422 e. The van der Waals surface area contributed by atoms with Crippen LogP contribution in [0.15, 0.2) is 39.5 Å². The molecular weight excluding hydrogens is 274 g/mol. The van der Waals surface area contributed by atoms with Crippen LogP contribution in [0.3, 0.4) is 0 Å². The molecular formula is C13H11N5O3. The van der Waals surface area contributed by atoms with Crippen LogP contribution in [0.2, 0.25) is 0 Å². The van der Waals surface area contributed by atoms with E-state index in [0.717, 1.165) is 0 Å². The minimum atomic E-state index is -0.688. The topological polar surface area (TPSA) is 114 Å². The molecule has 2 aromatic heterocycles. The summed E-state index contributed by atoms with van der Waals surface area (Å²) < 4.78 is 5.12. The van der Waals surface area contributed by atoms with Gasteiger partial charge < -0.3 is 9.73 Å². The van der Waals surface area contributed by atoms with Crippen LogP contribution >= 0.6 is 0 Å². The van der Waals surface area contributed by atoms with Crippen molar-refractivity contribution in [3.05, 3.63) is 52.1 Å². The van der Waals surface area contributed by atoms with E-state index in [1.54, 1.807) is 31.2 Å².